The third-order valence-electron chi connectivity index (χ3n) is 3.48. The molecular formula is C16H18BrN3O3. The number of hydrogen-bond acceptors (Lipinski definition) is 3. The summed E-state index contributed by atoms with van der Waals surface area (Å²) in [5.74, 6) is -1.20. The number of carboxylic acid groups (broad SMARTS) is 1. The summed E-state index contributed by atoms with van der Waals surface area (Å²) in [4.78, 5) is 25.0. The van der Waals surface area contributed by atoms with Crippen LogP contribution in [0.25, 0.3) is 0 Å². The van der Waals surface area contributed by atoms with E-state index in [0.717, 1.165) is 15.7 Å². The van der Waals surface area contributed by atoms with Gasteiger partial charge < -0.3 is 10.0 Å². The van der Waals surface area contributed by atoms with Crippen molar-refractivity contribution in [2.45, 2.75) is 19.9 Å². The highest BCUT2D eigenvalue weighted by molar-refractivity contribution is 9.10. The number of aryl methyl sites for hydroxylation is 2. The summed E-state index contributed by atoms with van der Waals surface area (Å²) >= 11 is 3.40. The maximum absolute atomic E-state index is 12.7. The molecule has 23 heavy (non-hydrogen) atoms. The predicted octanol–water partition coefficient (Wildman–Crippen LogP) is 2.61. The predicted molar refractivity (Wildman–Crippen MR) is 89.1 cm³/mol. The molecule has 0 aliphatic carbocycles. The maximum Gasteiger partial charge on any atom is 0.305 e. The molecular weight excluding hydrogens is 362 g/mol. The fraction of sp³-hybridized carbons (Fsp3) is 0.312. The van der Waals surface area contributed by atoms with Gasteiger partial charge >= 0.3 is 5.97 Å². The van der Waals surface area contributed by atoms with Crippen molar-refractivity contribution in [1.82, 2.24) is 14.7 Å². The molecule has 0 atom stereocenters. The quantitative estimate of drug-likeness (QED) is 0.836. The van der Waals surface area contributed by atoms with Gasteiger partial charge in [0.25, 0.3) is 5.91 Å². The number of carbonyl (C=O) groups is 2. The van der Waals surface area contributed by atoms with E-state index in [1.165, 1.54) is 4.90 Å². The van der Waals surface area contributed by atoms with Gasteiger partial charge in [-0.3, -0.25) is 14.3 Å². The highest BCUT2D eigenvalue weighted by Crippen LogP contribution is 2.15. The third-order valence-corrected chi connectivity index (χ3v) is 3.97. The minimum Gasteiger partial charge on any atom is -0.481 e. The molecule has 0 fully saturated rings. The molecule has 122 valence electrons. The molecule has 1 N–H and O–H groups in total. The van der Waals surface area contributed by atoms with Crippen LogP contribution < -0.4 is 0 Å². The van der Waals surface area contributed by atoms with Crippen LogP contribution >= 0.6 is 15.9 Å². The number of halogens is 1. The Labute approximate surface area is 142 Å². The van der Waals surface area contributed by atoms with Gasteiger partial charge in [-0.1, -0.05) is 28.1 Å². The van der Waals surface area contributed by atoms with Gasteiger partial charge in [0.05, 0.1) is 6.42 Å². The van der Waals surface area contributed by atoms with Crippen LogP contribution in [-0.2, 0) is 18.4 Å². The molecule has 2 aromatic rings. The van der Waals surface area contributed by atoms with Crippen LogP contribution in [0.5, 0.6) is 0 Å². The van der Waals surface area contributed by atoms with Crippen molar-refractivity contribution in [3.8, 4) is 0 Å². The first-order valence-electron chi connectivity index (χ1n) is 7.13. The summed E-state index contributed by atoms with van der Waals surface area (Å²) in [7, 11) is 1.77. The van der Waals surface area contributed by atoms with Gasteiger partial charge in [0, 0.05) is 30.3 Å². The van der Waals surface area contributed by atoms with E-state index in [-0.39, 0.29) is 18.9 Å². The van der Waals surface area contributed by atoms with E-state index >= 15 is 0 Å². The largest absolute Gasteiger partial charge is 0.481 e. The Kier molecular flexibility index (Phi) is 5.54. The summed E-state index contributed by atoms with van der Waals surface area (Å²) < 4.78 is 2.54. The lowest BCUT2D eigenvalue weighted by atomic mass is 10.2. The molecule has 6 nitrogen and oxygen atoms in total. The zero-order valence-corrected chi connectivity index (χ0v) is 14.6. The Morgan fingerprint density at radius 3 is 2.65 bits per heavy atom. The number of amides is 1. The fourth-order valence-electron chi connectivity index (χ4n) is 2.17. The molecule has 0 unspecified atom stereocenters. The van der Waals surface area contributed by atoms with Crippen molar-refractivity contribution >= 4 is 27.8 Å². The molecule has 1 amide bonds. The lowest BCUT2D eigenvalue weighted by Gasteiger charge is -2.21. The summed E-state index contributed by atoms with van der Waals surface area (Å²) in [6, 6.07) is 9.29. The van der Waals surface area contributed by atoms with Gasteiger partial charge in [-0.05, 0) is 30.7 Å². The summed E-state index contributed by atoms with van der Waals surface area (Å²) in [6.45, 7) is 2.33. The molecule has 1 heterocycles. The van der Waals surface area contributed by atoms with E-state index in [2.05, 4.69) is 21.0 Å². The minimum absolute atomic E-state index is 0.106. The number of carboxylic acids is 1. The number of aromatic nitrogens is 2. The maximum atomic E-state index is 12.7. The Balaban J connectivity index is 2.22. The molecule has 7 heteroatoms. The third kappa shape index (κ3) is 4.66. The van der Waals surface area contributed by atoms with Crippen LogP contribution in [-0.4, -0.2) is 38.2 Å². The SMILES string of the molecule is Cc1cc(C(=O)N(CCC(=O)O)Cc2cccc(Br)c2)nn1C. The lowest BCUT2D eigenvalue weighted by Crippen LogP contribution is -2.33. The zero-order valence-electron chi connectivity index (χ0n) is 13.0. The van der Waals surface area contributed by atoms with Gasteiger partial charge in [0.15, 0.2) is 5.69 Å². The van der Waals surface area contributed by atoms with Crippen molar-refractivity contribution in [3.05, 3.63) is 51.8 Å². The molecule has 0 radical (unpaired) electrons. The molecule has 0 saturated heterocycles. The Morgan fingerprint density at radius 2 is 2.09 bits per heavy atom. The average Bonchev–Trinajstić information content (AvgIpc) is 2.82. The summed E-state index contributed by atoms with van der Waals surface area (Å²) in [6.07, 6.45) is -0.106. The van der Waals surface area contributed by atoms with Crippen molar-refractivity contribution in [2.75, 3.05) is 6.54 Å². The van der Waals surface area contributed by atoms with Crippen molar-refractivity contribution in [3.63, 3.8) is 0 Å². The van der Waals surface area contributed by atoms with Crippen molar-refractivity contribution in [2.24, 2.45) is 7.05 Å². The van der Waals surface area contributed by atoms with Crippen LogP contribution in [0.2, 0.25) is 0 Å². The van der Waals surface area contributed by atoms with Gasteiger partial charge in [-0.15, -0.1) is 0 Å². The number of carbonyl (C=O) groups excluding carboxylic acids is 1. The molecule has 1 aromatic heterocycles. The fourth-order valence-corrected chi connectivity index (χ4v) is 2.61. The standard InChI is InChI=1S/C16H18BrN3O3/c1-11-8-14(18-19(11)2)16(23)20(7-6-15(21)22)10-12-4-3-5-13(17)9-12/h3-5,8-9H,6-7,10H2,1-2H3,(H,21,22). The second-order valence-corrected chi connectivity index (χ2v) is 6.21. The van der Waals surface area contributed by atoms with E-state index in [9.17, 15) is 9.59 Å². The zero-order chi connectivity index (χ0) is 17.0. The molecule has 2 rings (SSSR count). The second kappa shape index (κ2) is 7.41. The molecule has 1 aromatic carbocycles. The number of benzene rings is 1. The number of rotatable bonds is 6. The van der Waals surface area contributed by atoms with Gasteiger partial charge in [0.1, 0.15) is 0 Å². The van der Waals surface area contributed by atoms with Crippen molar-refractivity contribution < 1.29 is 14.7 Å². The van der Waals surface area contributed by atoms with E-state index in [0.29, 0.717) is 12.2 Å². The van der Waals surface area contributed by atoms with E-state index in [1.54, 1.807) is 17.8 Å². The van der Waals surface area contributed by atoms with Crippen LogP contribution in [0, 0.1) is 6.92 Å². The summed E-state index contributed by atoms with van der Waals surface area (Å²) in [5, 5.41) is 13.1. The first kappa shape index (κ1) is 17.2. The Morgan fingerprint density at radius 1 is 1.35 bits per heavy atom. The van der Waals surface area contributed by atoms with Crippen LogP contribution in [0.1, 0.15) is 28.2 Å². The Bertz CT molecular complexity index is 708. The topological polar surface area (TPSA) is 75.4 Å². The number of aliphatic carboxylic acids is 1. The van der Waals surface area contributed by atoms with Crippen molar-refractivity contribution in [1.29, 1.82) is 0 Å². The minimum atomic E-state index is -0.936. The Hall–Kier alpha value is -2.15. The highest BCUT2D eigenvalue weighted by Gasteiger charge is 2.20. The molecule has 0 aliphatic heterocycles. The van der Waals surface area contributed by atoms with E-state index in [4.69, 9.17) is 5.11 Å². The van der Waals surface area contributed by atoms with Gasteiger partial charge in [-0.25, -0.2) is 0 Å². The first-order valence-corrected chi connectivity index (χ1v) is 7.92. The second-order valence-electron chi connectivity index (χ2n) is 5.29. The molecule has 0 aliphatic rings. The monoisotopic (exact) mass is 379 g/mol. The van der Waals surface area contributed by atoms with Gasteiger partial charge in [0.2, 0.25) is 0 Å². The molecule has 0 spiro atoms. The van der Waals surface area contributed by atoms with Crippen LogP contribution in [0.4, 0.5) is 0 Å². The normalized spacial score (nSPS) is 10.6. The first-order chi connectivity index (χ1) is 10.9. The average molecular weight is 380 g/mol. The lowest BCUT2D eigenvalue weighted by molar-refractivity contribution is -0.137. The number of hydrogen-bond donors (Lipinski definition) is 1. The van der Waals surface area contributed by atoms with Gasteiger partial charge in [-0.2, -0.15) is 5.10 Å². The van der Waals surface area contributed by atoms with E-state index in [1.807, 2.05) is 31.2 Å². The van der Waals surface area contributed by atoms with Crippen LogP contribution in [0.3, 0.4) is 0 Å². The molecule has 0 saturated carbocycles. The number of nitrogens with zero attached hydrogens (tertiary/aromatic N) is 3. The molecule has 0 bridgehead atoms. The smallest absolute Gasteiger partial charge is 0.305 e. The van der Waals surface area contributed by atoms with Crippen LogP contribution in [0.15, 0.2) is 34.8 Å². The van der Waals surface area contributed by atoms with E-state index < -0.39 is 5.97 Å². The highest BCUT2D eigenvalue weighted by atomic mass is 79.9. The summed E-state index contributed by atoms with van der Waals surface area (Å²) in [5.41, 5.74) is 2.12.